The first kappa shape index (κ1) is 35.2. The Morgan fingerprint density at radius 2 is 1.79 bits per heavy atom. The third-order valence-corrected chi connectivity index (χ3v) is 5.41. The minimum Gasteiger partial charge on any atom is -0.392 e. The summed E-state index contributed by atoms with van der Waals surface area (Å²) in [7, 11) is 0. The van der Waals surface area contributed by atoms with E-state index in [2.05, 4.69) is 22.3 Å². The predicted octanol–water partition coefficient (Wildman–Crippen LogP) is 6.03. The number of aliphatic hydroxyl groups excluding tert-OH is 1. The number of aliphatic hydroxyl groups is 1. The van der Waals surface area contributed by atoms with Crippen molar-refractivity contribution in [2.75, 3.05) is 11.9 Å². The van der Waals surface area contributed by atoms with Crippen molar-refractivity contribution in [2.24, 2.45) is 0 Å². The highest BCUT2D eigenvalue weighted by atomic mass is 16.2. The van der Waals surface area contributed by atoms with Crippen molar-refractivity contribution in [3.05, 3.63) is 84.2 Å². The van der Waals surface area contributed by atoms with E-state index in [4.69, 9.17) is 5.11 Å². The van der Waals surface area contributed by atoms with Gasteiger partial charge in [0.2, 0.25) is 5.91 Å². The van der Waals surface area contributed by atoms with Crippen LogP contribution in [0.3, 0.4) is 0 Å². The normalized spacial score (nSPS) is 12.7. The van der Waals surface area contributed by atoms with Crippen molar-refractivity contribution in [3.8, 4) is 0 Å². The van der Waals surface area contributed by atoms with E-state index < -0.39 is 5.91 Å². The third kappa shape index (κ3) is 15.3. The van der Waals surface area contributed by atoms with E-state index >= 15 is 0 Å². The maximum Gasteiger partial charge on any atom is 0.276 e. The molecule has 1 fully saturated rings. The second-order valence-corrected chi connectivity index (χ2v) is 8.47. The minimum atomic E-state index is -0.421. The molecule has 8 nitrogen and oxygen atoms in total. The lowest BCUT2D eigenvalue weighted by Gasteiger charge is -2.22. The number of hydrogen-bond acceptors (Lipinski definition) is 5. The Kier molecular flexibility index (Phi) is 20.1. The molecule has 0 spiro atoms. The molecule has 8 heteroatoms. The lowest BCUT2D eigenvalue weighted by molar-refractivity contribution is -0.122. The first-order valence-electron chi connectivity index (χ1n) is 13.5. The number of carbonyl (C=O) groups is 3. The molecule has 0 aliphatic heterocycles. The van der Waals surface area contributed by atoms with Gasteiger partial charge in [-0.2, -0.15) is 5.10 Å². The van der Waals surface area contributed by atoms with Crippen molar-refractivity contribution in [1.29, 1.82) is 0 Å². The van der Waals surface area contributed by atoms with Crippen LogP contribution >= 0.6 is 0 Å². The second kappa shape index (κ2) is 22.2. The number of amides is 2. The average molecular weight is 539 g/mol. The summed E-state index contributed by atoms with van der Waals surface area (Å²) < 4.78 is 1.27. The summed E-state index contributed by atoms with van der Waals surface area (Å²) in [4.78, 5) is 36.0. The molecule has 1 aliphatic carbocycles. The van der Waals surface area contributed by atoms with Crippen molar-refractivity contribution in [3.63, 3.8) is 0 Å². The molecule has 3 N–H and O–H groups in total. The van der Waals surface area contributed by atoms with Gasteiger partial charge in [0.05, 0.1) is 6.61 Å². The van der Waals surface area contributed by atoms with Gasteiger partial charge in [-0.25, -0.2) is 0 Å². The number of aryl methyl sites for hydroxylation is 1. The van der Waals surface area contributed by atoms with Gasteiger partial charge in [-0.05, 0) is 57.4 Å². The van der Waals surface area contributed by atoms with Crippen LogP contribution in [0.4, 0.5) is 5.69 Å². The Labute approximate surface area is 233 Å². The number of anilines is 1. The molecule has 2 amide bonds. The summed E-state index contributed by atoms with van der Waals surface area (Å²) in [5.41, 5.74) is 1.97. The number of aldehydes is 1. The maximum atomic E-state index is 12.4. The highest BCUT2D eigenvalue weighted by Crippen LogP contribution is 2.17. The number of carbonyl (C=O) groups excluding carboxylic acids is 3. The van der Waals surface area contributed by atoms with Gasteiger partial charge in [-0.15, -0.1) is 0 Å². The van der Waals surface area contributed by atoms with Gasteiger partial charge < -0.3 is 15.7 Å². The van der Waals surface area contributed by atoms with Crippen molar-refractivity contribution in [2.45, 2.75) is 79.3 Å². The zero-order valence-corrected chi connectivity index (χ0v) is 24.2. The molecule has 0 saturated heterocycles. The third-order valence-electron chi connectivity index (χ3n) is 5.41. The molecule has 1 saturated carbocycles. The van der Waals surface area contributed by atoms with Gasteiger partial charge in [-0.3, -0.25) is 19.1 Å². The number of aromatic nitrogens is 2. The van der Waals surface area contributed by atoms with Crippen LogP contribution in [0.5, 0.6) is 0 Å². The van der Waals surface area contributed by atoms with Crippen LogP contribution in [0.25, 0.3) is 0 Å². The number of benzene rings is 1. The largest absolute Gasteiger partial charge is 0.392 e. The van der Waals surface area contributed by atoms with Crippen LogP contribution in [-0.2, 0) is 11.3 Å². The van der Waals surface area contributed by atoms with E-state index in [0.29, 0.717) is 12.0 Å². The van der Waals surface area contributed by atoms with Gasteiger partial charge in [-0.1, -0.05) is 82.2 Å². The Balaban J connectivity index is 0.00000102. The average Bonchev–Trinajstić information content (AvgIpc) is 3.36. The highest BCUT2D eigenvalue weighted by molar-refractivity contribution is 6.03. The molecule has 2 aromatic rings. The Bertz CT molecular complexity index is 1050. The van der Waals surface area contributed by atoms with Crippen LogP contribution in [0.15, 0.2) is 67.3 Å². The summed E-state index contributed by atoms with van der Waals surface area (Å²) in [5.74, 6) is -0.617. The highest BCUT2D eigenvalue weighted by Gasteiger charge is 2.19. The van der Waals surface area contributed by atoms with Gasteiger partial charge in [0, 0.05) is 11.7 Å². The number of nitrogens with zero attached hydrogens (tertiary/aromatic N) is 2. The van der Waals surface area contributed by atoms with Crippen molar-refractivity contribution < 1.29 is 19.5 Å². The molecule has 39 heavy (non-hydrogen) atoms. The molecule has 0 unspecified atom stereocenters. The molecule has 0 radical (unpaired) electrons. The summed E-state index contributed by atoms with van der Waals surface area (Å²) in [6, 6.07) is 8.97. The topological polar surface area (TPSA) is 113 Å². The standard InChI is InChI=1S/C20H24N4O3.C5H8O.C4H8.C2H6/c1-14-6-5-9-16(10-14)22-20(27)18-11-17(13-25)24(23-18)12-19(26)21-15-7-3-2-4-8-15;1-2-3-4-5-6;1-3-4-2;1-2/h5-6,9-11,13,15H,2-4,7-8,12H2,1H3,(H,21,26)(H,22,27);2-4,6H,1,5H2;3-4H,1-2H3;1-2H3/b;4-3+;4-3-;. The van der Waals surface area contributed by atoms with Crippen molar-refractivity contribution >= 4 is 23.8 Å². The summed E-state index contributed by atoms with van der Waals surface area (Å²) >= 11 is 0. The molecule has 1 aliphatic rings. The Morgan fingerprint density at radius 3 is 2.31 bits per heavy atom. The number of hydrogen-bond donors (Lipinski definition) is 3. The molecule has 1 aromatic heterocycles. The quantitative estimate of drug-likeness (QED) is 0.216. The fourth-order valence-electron chi connectivity index (χ4n) is 3.49. The first-order chi connectivity index (χ1) is 18.9. The molecule has 0 atom stereocenters. The second-order valence-electron chi connectivity index (χ2n) is 8.47. The van der Waals surface area contributed by atoms with E-state index in [1.54, 1.807) is 24.3 Å². The number of nitrogens with one attached hydrogen (secondary N) is 2. The van der Waals surface area contributed by atoms with E-state index in [9.17, 15) is 14.4 Å². The van der Waals surface area contributed by atoms with E-state index in [0.717, 1.165) is 31.2 Å². The molecule has 214 valence electrons. The van der Waals surface area contributed by atoms with E-state index in [1.165, 1.54) is 17.2 Å². The molecule has 3 rings (SSSR count). The van der Waals surface area contributed by atoms with Gasteiger partial charge in [0.15, 0.2) is 12.0 Å². The first-order valence-corrected chi connectivity index (χ1v) is 13.5. The lowest BCUT2D eigenvalue weighted by Crippen LogP contribution is -2.38. The van der Waals surface area contributed by atoms with E-state index in [1.807, 2.05) is 65.0 Å². The number of allylic oxidation sites excluding steroid dienone is 4. The fourth-order valence-corrected chi connectivity index (χ4v) is 3.49. The monoisotopic (exact) mass is 538 g/mol. The molecule has 1 heterocycles. The van der Waals surface area contributed by atoms with Crippen LogP contribution < -0.4 is 10.6 Å². The molecule has 1 aromatic carbocycles. The van der Waals surface area contributed by atoms with Gasteiger partial charge in [0.1, 0.15) is 12.2 Å². The van der Waals surface area contributed by atoms with Crippen LogP contribution in [-0.4, -0.2) is 45.6 Å². The smallest absolute Gasteiger partial charge is 0.276 e. The predicted molar refractivity (Wildman–Crippen MR) is 160 cm³/mol. The molecular formula is C31H46N4O4. The van der Waals surface area contributed by atoms with Gasteiger partial charge in [0.25, 0.3) is 5.91 Å². The lowest BCUT2D eigenvalue weighted by atomic mass is 9.95. The minimum absolute atomic E-state index is 0.0811. The van der Waals surface area contributed by atoms with Gasteiger partial charge >= 0.3 is 0 Å². The van der Waals surface area contributed by atoms with E-state index in [-0.39, 0.29) is 36.5 Å². The summed E-state index contributed by atoms with van der Waals surface area (Å²) in [5, 5.41) is 17.9. The van der Waals surface area contributed by atoms with Crippen LogP contribution in [0.2, 0.25) is 0 Å². The maximum absolute atomic E-state index is 12.4. The molecule has 0 bridgehead atoms. The number of rotatable bonds is 8. The zero-order valence-electron chi connectivity index (χ0n) is 24.2. The van der Waals surface area contributed by atoms with Crippen LogP contribution in [0, 0.1) is 6.92 Å². The zero-order chi connectivity index (χ0) is 29.5. The van der Waals surface area contributed by atoms with Crippen molar-refractivity contribution in [1.82, 2.24) is 15.1 Å². The van der Waals surface area contributed by atoms with Crippen LogP contribution in [0.1, 0.15) is 86.3 Å². The summed E-state index contributed by atoms with van der Waals surface area (Å²) in [6.07, 6.45) is 14.9. The fraction of sp³-hybridized carbons (Fsp3) is 0.419. The SMILES string of the molecule is C/C=C\C.C=C/C=C/CO.CC.Cc1cccc(NC(=O)c2cc(C=O)n(CC(=O)NC3CCCCC3)n2)c1. The summed E-state index contributed by atoms with van der Waals surface area (Å²) in [6.45, 7) is 13.4. The Hall–Kier alpha value is -3.78. The molecular weight excluding hydrogens is 492 g/mol. The Morgan fingerprint density at radius 1 is 1.13 bits per heavy atom.